The van der Waals surface area contributed by atoms with Gasteiger partial charge in [0.05, 0.1) is 11.4 Å². The van der Waals surface area contributed by atoms with E-state index in [0.29, 0.717) is 6.04 Å². The van der Waals surface area contributed by atoms with Crippen LogP contribution in [0.5, 0.6) is 0 Å². The molecule has 1 aromatic heterocycles. The van der Waals surface area contributed by atoms with Crippen molar-refractivity contribution in [2.45, 2.75) is 60.4 Å². The topological polar surface area (TPSA) is 24.9 Å². The van der Waals surface area contributed by atoms with Gasteiger partial charge in [0.1, 0.15) is 0 Å². The van der Waals surface area contributed by atoms with Gasteiger partial charge in [-0.1, -0.05) is 27.7 Å². The average Bonchev–Trinajstić information content (AvgIpc) is 2.21. The second-order valence-corrected chi connectivity index (χ2v) is 6.19. The largest absolute Gasteiger partial charge is 0.381 e. The molecule has 0 fully saturated rings. The smallest absolute Gasteiger partial charge is 0.0606 e. The van der Waals surface area contributed by atoms with Crippen LogP contribution in [0.25, 0.3) is 0 Å². The van der Waals surface area contributed by atoms with Gasteiger partial charge in [0.15, 0.2) is 0 Å². The van der Waals surface area contributed by atoms with E-state index in [9.17, 15) is 0 Å². The van der Waals surface area contributed by atoms with Gasteiger partial charge in [0.2, 0.25) is 0 Å². The Balaban J connectivity index is 2.81. The van der Waals surface area contributed by atoms with Gasteiger partial charge in [-0.3, -0.25) is 4.98 Å². The molecule has 0 aromatic carbocycles. The van der Waals surface area contributed by atoms with Gasteiger partial charge >= 0.3 is 0 Å². The fourth-order valence-corrected chi connectivity index (χ4v) is 2.47. The van der Waals surface area contributed by atoms with Crippen LogP contribution in [0.15, 0.2) is 12.3 Å². The van der Waals surface area contributed by atoms with Crippen LogP contribution in [0.3, 0.4) is 0 Å². The van der Waals surface area contributed by atoms with Crippen molar-refractivity contribution in [3.05, 3.63) is 23.5 Å². The molecular weight excluding hydrogens is 220 g/mol. The summed E-state index contributed by atoms with van der Waals surface area (Å²) in [5.74, 6) is 1.44. The zero-order valence-corrected chi connectivity index (χ0v) is 12.7. The Bertz CT molecular complexity index is 339. The Hall–Kier alpha value is -1.05. The standard InChI is InChI=1S/C16H28N2/c1-11(2)9-15(10-12(3)4)18-16-13(5)7-8-17-14(16)6/h7-8,11-12,15,18H,9-10H2,1-6H3. The summed E-state index contributed by atoms with van der Waals surface area (Å²) in [5, 5.41) is 3.72. The Morgan fingerprint density at radius 3 is 2.06 bits per heavy atom. The minimum Gasteiger partial charge on any atom is -0.381 e. The van der Waals surface area contributed by atoms with E-state index in [4.69, 9.17) is 0 Å². The van der Waals surface area contributed by atoms with Gasteiger partial charge in [-0.05, 0) is 50.2 Å². The van der Waals surface area contributed by atoms with Crippen LogP contribution >= 0.6 is 0 Å². The molecule has 0 spiro atoms. The van der Waals surface area contributed by atoms with E-state index in [2.05, 4.69) is 57.9 Å². The molecule has 2 nitrogen and oxygen atoms in total. The van der Waals surface area contributed by atoms with Crippen molar-refractivity contribution in [1.29, 1.82) is 0 Å². The van der Waals surface area contributed by atoms with E-state index in [1.54, 1.807) is 0 Å². The Labute approximate surface area is 112 Å². The third kappa shape index (κ3) is 4.67. The van der Waals surface area contributed by atoms with Crippen LogP contribution in [-0.2, 0) is 0 Å². The number of nitrogens with zero attached hydrogens (tertiary/aromatic N) is 1. The number of rotatable bonds is 6. The molecule has 0 saturated heterocycles. The lowest BCUT2D eigenvalue weighted by molar-refractivity contribution is 0.441. The molecule has 1 heterocycles. The number of pyridine rings is 1. The number of anilines is 1. The van der Waals surface area contributed by atoms with E-state index in [1.165, 1.54) is 24.1 Å². The molecule has 0 atom stereocenters. The summed E-state index contributed by atoms with van der Waals surface area (Å²) in [6, 6.07) is 2.63. The van der Waals surface area contributed by atoms with Crippen LogP contribution < -0.4 is 5.32 Å². The molecule has 18 heavy (non-hydrogen) atoms. The number of aromatic nitrogens is 1. The number of nitrogens with one attached hydrogen (secondary N) is 1. The summed E-state index contributed by atoms with van der Waals surface area (Å²) >= 11 is 0. The lowest BCUT2D eigenvalue weighted by atomic mass is 9.95. The summed E-state index contributed by atoms with van der Waals surface area (Å²) in [7, 11) is 0. The van der Waals surface area contributed by atoms with Crippen molar-refractivity contribution in [1.82, 2.24) is 4.98 Å². The van der Waals surface area contributed by atoms with Crippen LogP contribution in [-0.4, -0.2) is 11.0 Å². The van der Waals surface area contributed by atoms with Crippen molar-refractivity contribution in [3.63, 3.8) is 0 Å². The van der Waals surface area contributed by atoms with Crippen LogP contribution in [0.2, 0.25) is 0 Å². The fourth-order valence-electron chi connectivity index (χ4n) is 2.47. The first-order valence-electron chi connectivity index (χ1n) is 7.08. The van der Waals surface area contributed by atoms with E-state index in [1.807, 2.05) is 6.20 Å². The zero-order valence-electron chi connectivity index (χ0n) is 12.7. The summed E-state index contributed by atoms with van der Waals surface area (Å²) < 4.78 is 0. The highest BCUT2D eigenvalue weighted by Crippen LogP contribution is 2.23. The monoisotopic (exact) mass is 248 g/mol. The first kappa shape index (κ1) is 15.0. The predicted molar refractivity (Wildman–Crippen MR) is 80.0 cm³/mol. The molecule has 2 heteroatoms. The maximum atomic E-state index is 4.39. The van der Waals surface area contributed by atoms with Crippen molar-refractivity contribution in [3.8, 4) is 0 Å². The quantitative estimate of drug-likeness (QED) is 0.797. The van der Waals surface area contributed by atoms with Crippen molar-refractivity contribution in [2.75, 3.05) is 5.32 Å². The Morgan fingerprint density at radius 1 is 1.06 bits per heavy atom. The summed E-state index contributed by atoms with van der Waals surface area (Å²) in [5.41, 5.74) is 3.62. The summed E-state index contributed by atoms with van der Waals surface area (Å²) in [4.78, 5) is 4.39. The third-order valence-corrected chi connectivity index (χ3v) is 3.21. The van der Waals surface area contributed by atoms with E-state index < -0.39 is 0 Å². The molecule has 0 amide bonds. The summed E-state index contributed by atoms with van der Waals surface area (Å²) in [6.07, 6.45) is 4.31. The molecule has 102 valence electrons. The van der Waals surface area contributed by atoms with E-state index >= 15 is 0 Å². The molecule has 1 rings (SSSR count). The molecule has 0 radical (unpaired) electrons. The highest BCUT2D eigenvalue weighted by Gasteiger charge is 2.15. The molecule has 1 aromatic rings. The molecule has 0 aliphatic carbocycles. The highest BCUT2D eigenvalue weighted by atomic mass is 14.9. The summed E-state index contributed by atoms with van der Waals surface area (Å²) in [6.45, 7) is 13.4. The van der Waals surface area contributed by atoms with Gasteiger partial charge in [-0.2, -0.15) is 0 Å². The second-order valence-electron chi connectivity index (χ2n) is 6.19. The average molecular weight is 248 g/mol. The molecule has 0 bridgehead atoms. The van der Waals surface area contributed by atoms with Gasteiger partial charge in [-0.25, -0.2) is 0 Å². The number of hydrogen-bond acceptors (Lipinski definition) is 2. The maximum Gasteiger partial charge on any atom is 0.0606 e. The third-order valence-electron chi connectivity index (χ3n) is 3.21. The minimum atomic E-state index is 0.548. The SMILES string of the molecule is Cc1ccnc(C)c1NC(CC(C)C)CC(C)C. The zero-order chi connectivity index (χ0) is 13.7. The predicted octanol–water partition coefficient (Wildman–Crippen LogP) is 4.57. The number of aryl methyl sites for hydroxylation is 2. The highest BCUT2D eigenvalue weighted by molar-refractivity contribution is 5.54. The molecule has 0 unspecified atom stereocenters. The minimum absolute atomic E-state index is 0.548. The Kier molecular flexibility index (Phi) is 5.64. The van der Waals surface area contributed by atoms with Crippen molar-refractivity contribution >= 4 is 5.69 Å². The lowest BCUT2D eigenvalue weighted by Gasteiger charge is -2.25. The molecular formula is C16H28N2. The van der Waals surface area contributed by atoms with Crippen molar-refractivity contribution < 1.29 is 0 Å². The van der Waals surface area contributed by atoms with E-state index in [-0.39, 0.29) is 0 Å². The normalized spacial score (nSPS) is 11.6. The van der Waals surface area contributed by atoms with E-state index in [0.717, 1.165) is 17.5 Å². The fraction of sp³-hybridized carbons (Fsp3) is 0.688. The van der Waals surface area contributed by atoms with Gasteiger partial charge in [0, 0.05) is 12.2 Å². The van der Waals surface area contributed by atoms with Crippen LogP contribution in [0.4, 0.5) is 5.69 Å². The van der Waals surface area contributed by atoms with Gasteiger partial charge in [-0.15, -0.1) is 0 Å². The first-order chi connectivity index (χ1) is 8.40. The second kappa shape index (κ2) is 6.77. The van der Waals surface area contributed by atoms with Crippen LogP contribution in [0.1, 0.15) is 51.8 Å². The van der Waals surface area contributed by atoms with Crippen molar-refractivity contribution in [2.24, 2.45) is 11.8 Å². The van der Waals surface area contributed by atoms with Gasteiger partial charge in [0.25, 0.3) is 0 Å². The number of hydrogen-bond donors (Lipinski definition) is 1. The molecule has 1 N–H and O–H groups in total. The Morgan fingerprint density at radius 2 is 1.61 bits per heavy atom. The first-order valence-corrected chi connectivity index (χ1v) is 7.08. The lowest BCUT2D eigenvalue weighted by Crippen LogP contribution is -2.24. The van der Waals surface area contributed by atoms with Gasteiger partial charge < -0.3 is 5.32 Å². The molecule has 0 aliphatic rings. The van der Waals surface area contributed by atoms with Crippen LogP contribution in [0, 0.1) is 25.7 Å². The molecule has 0 aliphatic heterocycles. The molecule has 0 saturated carbocycles. The maximum absolute atomic E-state index is 4.39.